The fourth-order valence-corrected chi connectivity index (χ4v) is 4.20. The van der Waals surface area contributed by atoms with Gasteiger partial charge in [0.1, 0.15) is 12.9 Å². The average molecular weight is 469 g/mol. The Morgan fingerprint density at radius 1 is 1.28 bits per heavy atom. The van der Waals surface area contributed by atoms with Crippen LogP contribution >= 0.6 is 23.1 Å². The van der Waals surface area contributed by atoms with Crippen LogP contribution in [0.5, 0.6) is 0 Å². The van der Waals surface area contributed by atoms with E-state index in [1.54, 1.807) is 17.0 Å². The number of anilines is 2. The number of para-hydroxylation sites is 1. The number of hydrogen-bond acceptors (Lipinski definition) is 10. The lowest BCUT2D eigenvalue weighted by Gasteiger charge is -2.06. The maximum Gasteiger partial charge on any atom is 0.338 e. The van der Waals surface area contributed by atoms with Gasteiger partial charge in [0.15, 0.2) is 10.3 Å². The molecule has 10 nitrogen and oxygen atoms in total. The van der Waals surface area contributed by atoms with E-state index in [1.807, 2.05) is 30.3 Å². The highest BCUT2D eigenvalue weighted by molar-refractivity contribution is 7.99. The molecule has 2 heterocycles. The molecule has 0 unspecified atom stereocenters. The molecule has 0 saturated carbocycles. The van der Waals surface area contributed by atoms with E-state index < -0.39 is 10.9 Å². The first kappa shape index (κ1) is 21.5. The summed E-state index contributed by atoms with van der Waals surface area (Å²) >= 11 is 2.47. The number of rotatable bonds is 8. The Kier molecular flexibility index (Phi) is 6.42. The van der Waals surface area contributed by atoms with Gasteiger partial charge in [-0.25, -0.2) is 9.78 Å². The molecule has 162 valence electrons. The normalized spacial score (nSPS) is 10.7. The summed E-state index contributed by atoms with van der Waals surface area (Å²) in [7, 11) is 1.74. The van der Waals surface area contributed by atoms with Gasteiger partial charge in [0.05, 0.1) is 21.1 Å². The number of nitrogens with zero attached hydrogens (tertiary/aromatic N) is 5. The van der Waals surface area contributed by atoms with E-state index in [4.69, 9.17) is 4.74 Å². The maximum absolute atomic E-state index is 12.5. The van der Waals surface area contributed by atoms with Crippen molar-refractivity contribution in [2.45, 2.75) is 16.7 Å². The van der Waals surface area contributed by atoms with Crippen molar-refractivity contribution in [2.75, 3.05) is 5.32 Å². The fraction of sp³-hybridized carbons (Fsp3) is 0.100. The minimum atomic E-state index is -0.672. The molecule has 1 N–H and O–H groups in total. The first-order valence-corrected chi connectivity index (χ1v) is 10.9. The number of nitro benzene ring substituents is 1. The Morgan fingerprint density at radius 3 is 2.81 bits per heavy atom. The first-order chi connectivity index (χ1) is 15.5. The summed E-state index contributed by atoms with van der Waals surface area (Å²) in [5.74, 6) is -0.672. The molecule has 0 fully saturated rings. The molecular weight excluding hydrogens is 452 g/mol. The highest BCUT2D eigenvalue weighted by atomic mass is 32.2. The van der Waals surface area contributed by atoms with Crippen molar-refractivity contribution in [1.29, 1.82) is 0 Å². The molecule has 0 aliphatic carbocycles. The van der Waals surface area contributed by atoms with E-state index >= 15 is 0 Å². The highest BCUT2D eigenvalue weighted by Gasteiger charge is 2.21. The number of nitrogens with one attached hydrogen (secondary N) is 1. The molecule has 0 aliphatic rings. The van der Waals surface area contributed by atoms with Crippen LogP contribution in [0.4, 0.5) is 16.5 Å². The van der Waals surface area contributed by atoms with Crippen LogP contribution in [0.25, 0.3) is 0 Å². The summed E-state index contributed by atoms with van der Waals surface area (Å²) in [6.07, 6.45) is 1.50. The number of ether oxygens (including phenoxy) is 1. The lowest BCUT2D eigenvalue weighted by molar-refractivity contribution is -0.387. The highest BCUT2D eigenvalue weighted by Crippen LogP contribution is 2.34. The van der Waals surface area contributed by atoms with Crippen molar-refractivity contribution >= 4 is 45.6 Å². The summed E-state index contributed by atoms with van der Waals surface area (Å²) in [5, 5.41) is 25.3. The van der Waals surface area contributed by atoms with E-state index in [9.17, 15) is 14.9 Å². The fourth-order valence-electron chi connectivity index (χ4n) is 2.64. The van der Waals surface area contributed by atoms with E-state index in [0.717, 1.165) is 17.4 Å². The molecule has 4 aromatic rings. The van der Waals surface area contributed by atoms with Crippen LogP contribution in [0.2, 0.25) is 0 Å². The van der Waals surface area contributed by atoms with Crippen molar-refractivity contribution in [3.05, 3.63) is 81.6 Å². The number of benzene rings is 2. The van der Waals surface area contributed by atoms with Gasteiger partial charge in [0.25, 0.3) is 5.69 Å². The molecule has 0 spiro atoms. The Labute approximate surface area is 190 Å². The van der Waals surface area contributed by atoms with Crippen molar-refractivity contribution in [3.8, 4) is 0 Å². The molecule has 0 atom stereocenters. The monoisotopic (exact) mass is 468 g/mol. The molecule has 0 saturated heterocycles. The summed E-state index contributed by atoms with van der Waals surface area (Å²) < 4.78 is 6.94. The standard InChI is InChI=1S/C20H16N6O4S2/c1-25-12-21-24-20(25)32-17-8-7-13(9-16(17)26(28)29)18(27)30-10-15-11-31-19(23-15)22-14-5-3-2-4-6-14/h2-9,11-12H,10H2,1H3,(H,22,23). The summed E-state index contributed by atoms with van der Waals surface area (Å²) in [4.78, 5) is 28.2. The van der Waals surface area contributed by atoms with E-state index in [1.165, 1.54) is 35.9 Å². The zero-order valence-corrected chi connectivity index (χ0v) is 18.3. The van der Waals surface area contributed by atoms with Crippen LogP contribution in [0.15, 0.2) is 70.3 Å². The number of carbonyl (C=O) groups excluding carboxylic acids is 1. The van der Waals surface area contributed by atoms with Gasteiger partial charge in [0.2, 0.25) is 0 Å². The number of hydrogen-bond donors (Lipinski definition) is 1. The topological polar surface area (TPSA) is 125 Å². The van der Waals surface area contributed by atoms with Crippen molar-refractivity contribution < 1.29 is 14.5 Å². The maximum atomic E-state index is 12.5. The molecule has 0 bridgehead atoms. The second-order valence-electron chi connectivity index (χ2n) is 6.48. The van der Waals surface area contributed by atoms with Crippen LogP contribution in [0.1, 0.15) is 16.1 Å². The lowest BCUT2D eigenvalue weighted by atomic mass is 10.2. The first-order valence-electron chi connectivity index (χ1n) is 9.23. The third-order valence-corrected chi connectivity index (χ3v) is 6.11. The second-order valence-corrected chi connectivity index (χ2v) is 8.34. The zero-order chi connectivity index (χ0) is 22.5. The second kappa shape index (κ2) is 9.58. The van der Waals surface area contributed by atoms with Crippen molar-refractivity contribution in [2.24, 2.45) is 7.05 Å². The molecule has 2 aromatic heterocycles. The quantitative estimate of drug-likeness (QED) is 0.227. The Morgan fingerprint density at radius 2 is 2.09 bits per heavy atom. The molecule has 0 aliphatic heterocycles. The van der Waals surface area contributed by atoms with Crippen LogP contribution < -0.4 is 5.32 Å². The zero-order valence-electron chi connectivity index (χ0n) is 16.7. The van der Waals surface area contributed by atoms with E-state index in [0.29, 0.717) is 20.9 Å². The van der Waals surface area contributed by atoms with Crippen LogP contribution in [-0.2, 0) is 18.4 Å². The van der Waals surface area contributed by atoms with Crippen molar-refractivity contribution in [3.63, 3.8) is 0 Å². The number of aromatic nitrogens is 4. The van der Waals surface area contributed by atoms with Crippen molar-refractivity contribution in [1.82, 2.24) is 19.7 Å². The molecule has 4 rings (SSSR count). The number of carbonyl (C=O) groups is 1. The summed E-state index contributed by atoms with van der Waals surface area (Å²) in [5.41, 5.74) is 1.34. The van der Waals surface area contributed by atoms with E-state index in [-0.39, 0.29) is 17.9 Å². The minimum Gasteiger partial charge on any atom is -0.456 e. The SMILES string of the molecule is Cn1cnnc1Sc1ccc(C(=O)OCc2csc(Nc3ccccc3)n2)cc1[N+](=O)[O-]. The number of thiazole rings is 1. The van der Waals surface area contributed by atoms with Gasteiger partial charge in [-0.1, -0.05) is 18.2 Å². The Balaban J connectivity index is 1.41. The number of nitro groups is 1. The number of aryl methyl sites for hydroxylation is 1. The van der Waals surface area contributed by atoms with Crippen LogP contribution in [-0.4, -0.2) is 30.6 Å². The predicted molar refractivity (Wildman–Crippen MR) is 119 cm³/mol. The Hall–Kier alpha value is -3.77. The van der Waals surface area contributed by atoms with Gasteiger partial charge >= 0.3 is 5.97 Å². The third-order valence-electron chi connectivity index (χ3n) is 4.19. The Bertz CT molecular complexity index is 1260. The van der Waals surface area contributed by atoms with Crippen LogP contribution in [0, 0.1) is 10.1 Å². The molecule has 0 radical (unpaired) electrons. The lowest BCUT2D eigenvalue weighted by Crippen LogP contribution is -2.06. The van der Waals surface area contributed by atoms with Gasteiger partial charge in [-0.05, 0) is 36.0 Å². The molecule has 12 heteroatoms. The molecular formula is C20H16N6O4S2. The van der Waals surface area contributed by atoms with Crippen LogP contribution in [0.3, 0.4) is 0 Å². The summed E-state index contributed by atoms with van der Waals surface area (Å²) in [6, 6.07) is 13.8. The summed E-state index contributed by atoms with van der Waals surface area (Å²) in [6.45, 7) is -0.0466. The minimum absolute atomic E-state index is 0.0466. The van der Waals surface area contributed by atoms with Gasteiger partial charge in [0, 0.05) is 24.2 Å². The molecule has 2 aromatic carbocycles. The molecule has 32 heavy (non-hydrogen) atoms. The van der Waals surface area contributed by atoms with Gasteiger partial charge in [-0.2, -0.15) is 0 Å². The third kappa shape index (κ3) is 5.10. The predicted octanol–water partition coefficient (Wildman–Crippen LogP) is 4.43. The molecule has 0 amide bonds. The smallest absolute Gasteiger partial charge is 0.338 e. The average Bonchev–Trinajstić information content (AvgIpc) is 3.41. The van der Waals surface area contributed by atoms with Gasteiger partial charge < -0.3 is 14.6 Å². The van der Waals surface area contributed by atoms with E-state index in [2.05, 4.69) is 20.5 Å². The van der Waals surface area contributed by atoms with Gasteiger partial charge in [-0.3, -0.25) is 10.1 Å². The number of esters is 1. The largest absolute Gasteiger partial charge is 0.456 e. The van der Waals surface area contributed by atoms with Gasteiger partial charge in [-0.15, -0.1) is 21.5 Å².